The first-order chi connectivity index (χ1) is 15.1. The fourth-order valence-electron chi connectivity index (χ4n) is 4.50. The summed E-state index contributed by atoms with van der Waals surface area (Å²) in [4.78, 5) is 35.4. The Morgan fingerprint density at radius 3 is 2.55 bits per heavy atom. The summed E-state index contributed by atoms with van der Waals surface area (Å²) >= 11 is 0. The van der Waals surface area contributed by atoms with E-state index in [-0.39, 0.29) is 21.4 Å². The molecule has 2 amide bonds. The van der Waals surface area contributed by atoms with Gasteiger partial charge in [0.15, 0.2) is 0 Å². The molecule has 7 heteroatoms. The quantitative estimate of drug-likeness (QED) is 0.529. The minimum Gasteiger partial charge on any atom is -0.343 e. The third kappa shape index (κ3) is 2.88. The molecule has 2 atom stereocenters. The van der Waals surface area contributed by atoms with E-state index in [1.807, 2.05) is 54.6 Å². The van der Waals surface area contributed by atoms with Gasteiger partial charge in [0, 0.05) is 19.0 Å². The molecule has 3 heterocycles. The molecule has 5 rings (SSSR count). The van der Waals surface area contributed by atoms with Crippen LogP contribution in [0.3, 0.4) is 0 Å². The first-order valence-electron chi connectivity index (χ1n) is 10.2. The first-order valence-corrected chi connectivity index (χ1v) is 11.8. The van der Waals surface area contributed by atoms with Crippen molar-refractivity contribution in [2.45, 2.75) is 18.2 Å². The van der Waals surface area contributed by atoms with Gasteiger partial charge in [0.1, 0.15) is 5.82 Å². The number of para-hydroxylation sites is 2. The highest BCUT2D eigenvalue weighted by atomic mass is 32.3. The molecule has 0 bridgehead atoms. The number of carbonyl (C=O) groups is 2. The van der Waals surface area contributed by atoms with Crippen LogP contribution < -0.4 is 9.80 Å². The molecule has 2 fully saturated rings. The highest BCUT2D eigenvalue weighted by molar-refractivity contribution is 8.46. The van der Waals surface area contributed by atoms with Crippen LogP contribution in [0.5, 0.6) is 0 Å². The Labute approximate surface area is 182 Å². The van der Waals surface area contributed by atoms with Gasteiger partial charge in [-0.05, 0) is 53.5 Å². The number of nitrogens with zero attached hydrogens (tertiary/aromatic N) is 3. The Balaban J connectivity index is 1.58. The molecule has 0 saturated carbocycles. The average molecular weight is 434 g/mol. The fraction of sp³-hybridized carbons (Fsp3) is 0.208. The van der Waals surface area contributed by atoms with E-state index >= 15 is 0 Å². The molecular weight excluding hydrogens is 410 g/mol. The van der Waals surface area contributed by atoms with Gasteiger partial charge in [0.25, 0.3) is 5.91 Å². The van der Waals surface area contributed by atoms with Gasteiger partial charge in [0.2, 0.25) is 0 Å². The summed E-state index contributed by atoms with van der Waals surface area (Å²) in [6.07, 6.45) is 1.62. The molecule has 158 valence electrons. The van der Waals surface area contributed by atoms with Gasteiger partial charge >= 0.3 is 5.24 Å². The maximum atomic E-state index is 13.8. The van der Waals surface area contributed by atoms with Crippen LogP contribution >= 0.6 is 10.3 Å². The van der Waals surface area contributed by atoms with Gasteiger partial charge in [-0.15, -0.1) is 0 Å². The van der Waals surface area contributed by atoms with Gasteiger partial charge in [-0.3, -0.25) is 9.59 Å². The number of pyridine rings is 1. The van der Waals surface area contributed by atoms with Crippen LogP contribution in [0.25, 0.3) is 10.9 Å². The first kappa shape index (κ1) is 19.8. The van der Waals surface area contributed by atoms with Crippen LogP contribution in [0.15, 0.2) is 78.2 Å². The number of fused-ring (bicyclic) bond motifs is 1. The predicted octanol–water partition coefficient (Wildman–Crippen LogP) is 5.21. The summed E-state index contributed by atoms with van der Waals surface area (Å²) in [5, 5.41) is 0.459. The normalized spacial score (nSPS) is 26.0. The molecule has 2 aromatic carbocycles. The van der Waals surface area contributed by atoms with Crippen LogP contribution in [0.2, 0.25) is 0 Å². The number of aromatic nitrogens is 1. The number of anilines is 2. The zero-order chi connectivity index (χ0) is 21.6. The summed E-state index contributed by atoms with van der Waals surface area (Å²) in [6.45, 7) is 4.81. The fourth-order valence-corrected chi connectivity index (χ4v) is 7.72. The standard InChI is InChI=1S/C24H23N3O3S/c1-17-23(28)27(19-10-4-3-5-11-19)24(29)31(17,30-2)22-13-8-16-26(22)21-15-14-18-9-6-7-12-20(18)25-21/h3-7,9-12,14-15,22H,1,8,13,16H2,2H3/t22-/m1/s1. The summed E-state index contributed by atoms with van der Waals surface area (Å²) in [7, 11) is -1.08. The maximum Gasteiger partial charge on any atom is 0.304 e. The zero-order valence-corrected chi connectivity index (χ0v) is 18.0. The topological polar surface area (TPSA) is 62.7 Å². The van der Waals surface area contributed by atoms with Crippen molar-refractivity contribution in [1.29, 1.82) is 0 Å². The number of benzene rings is 2. The zero-order valence-electron chi connectivity index (χ0n) is 17.2. The molecule has 3 aromatic rings. The Hall–Kier alpha value is -3.16. The van der Waals surface area contributed by atoms with Crippen molar-refractivity contribution in [2.75, 3.05) is 23.5 Å². The van der Waals surface area contributed by atoms with E-state index in [0.717, 1.165) is 36.1 Å². The lowest BCUT2D eigenvalue weighted by atomic mass is 10.2. The largest absolute Gasteiger partial charge is 0.343 e. The highest BCUT2D eigenvalue weighted by Crippen LogP contribution is 2.68. The Morgan fingerprint density at radius 2 is 1.77 bits per heavy atom. The van der Waals surface area contributed by atoms with Crippen molar-refractivity contribution in [3.8, 4) is 0 Å². The van der Waals surface area contributed by atoms with Gasteiger partial charge in [-0.25, -0.2) is 9.88 Å². The minimum absolute atomic E-state index is 0.251. The van der Waals surface area contributed by atoms with Crippen molar-refractivity contribution in [3.05, 3.63) is 78.2 Å². The number of imide groups is 1. The van der Waals surface area contributed by atoms with E-state index in [9.17, 15) is 9.59 Å². The van der Waals surface area contributed by atoms with Gasteiger partial charge in [0.05, 0.1) is 21.5 Å². The van der Waals surface area contributed by atoms with Crippen LogP contribution in [-0.2, 0) is 8.98 Å². The Kier molecular flexibility index (Phi) is 4.79. The van der Waals surface area contributed by atoms with Crippen LogP contribution in [-0.4, -0.2) is 35.2 Å². The number of rotatable bonds is 4. The third-order valence-electron chi connectivity index (χ3n) is 5.99. The number of hydrogen-bond acceptors (Lipinski definition) is 5. The molecule has 0 radical (unpaired) electrons. The lowest BCUT2D eigenvalue weighted by Crippen LogP contribution is -2.38. The van der Waals surface area contributed by atoms with Crippen LogP contribution in [0.1, 0.15) is 12.8 Å². The number of hydrogen-bond donors (Lipinski definition) is 0. The van der Waals surface area contributed by atoms with Crippen molar-refractivity contribution in [2.24, 2.45) is 0 Å². The van der Waals surface area contributed by atoms with E-state index in [1.165, 1.54) is 12.0 Å². The molecule has 0 spiro atoms. The van der Waals surface area contributed by atoms with Gasteiger partial charge in [-0.1, -0.05) is 43.0 Å². The number of carbonyl (C=O) groups excluding carboxylic acids is 2. The SMILES string of the molecule is C=C1C(=O)N(c2ccccc2)C(=O)S1(OC)[C@@H]1CCCN1c1ccc2ccccc2n1. The maximum absolute atomic E-state index is 13.8. The van der Waals surface area contributed by atoms with Crippen molar-refractivity contribution >= 4 is 43.9 Å². The van der Waals surface area contributed by atoms with Crippen LogP contribution in [0.4, 0.5) is 16.3 Å². The van der Waals surface area contributed by atoms with Gasteiger partial charge < -0.3 is 9.08 Å². The van der Waals surface area contributed by atoms with E-state index in [0.29, 0.717) is 5.69 Å². The number of amides is 2. The van der Waals surface area contributed by atoms with E-state index in [4.69, 9.17) is 9.17 Å². The average Bonchev–Trinajstić information content (AvgIpc) is 3.36. The molecule has 2 saturated heterocycles. The molecule has 1 unspecified atom stereocenters. The van der Waals surface area contributed by atoms with E-state index in [2.05, 4.69) is 11.5 Å². The smallest absolute Gasteiger partial charge is 0.304 e. The van der Waals surface area contributed by atoms with Gasteiger partial charge in [-0.2, -0.15) is 0 Å². The summed E-state index contributed by atoms with van der Waals surface area (Å²) in [5.41, 5.74) is 1.43. The summed E-state index contributed by atoms with van der Waals surface area (Å²) in [5.74, 6) is 0.405. The van der Waals surface area contributed by atoms with Crippen molar-refractivity contribution in [3.63, 3.8) is 0 Å². The molecule has 0 N–H and O–H groups in total. The second kappa shape index (κ2) is 7.51. The molecular formula is C24H23N3O3S. The lowest BCUT2D eigenvalue weighted by Gasteiger charge is -2.41. The monoisotopic (exact) mass is 433 g/mol. The van der Waals surface area contributed by atoms with Crippen molar-refractivity contribution < 1.29 is 13.8 Å². The Bertz CT molecular complexity index is 1200. The van der Waals surface area contributed by atoms with Crippen LogP contribution in [0, 0.1) is 0 Å². The summed E-state index contributed by atoms with van der Waals surface area (Å²) in [6, 6.07) is 20.9. The molecule has 31 heavy (non-hydrogen) atoms. The predicted molar refractivity (Wildman–Crippen MR) is 125 cm³/mol. The van der Waals surface area contributed by atoms with E-state index < -0.39 is 10.3 Å². The third-order valence-corrected chi connectivity index (χ3v) is 9.38. The lowest BCUT2D eigenvalue weighted by molar-refractivity contribution is -0.113. The van der Waals surface area contributed by atoms with E-state index in [1.54, 1.807) is 12.1 Å². The minimum atomic E-state index is -2.60. The molecule has 2 aliphatic rings. The Morgan fingerprint density at radius 1 is 1.03 bits per heavy atom. The molecule has 0 aliphatic carbocycles. The summed E-state index contributed by atoms with van der Waals surface area (Å²) < 4.78 is 5.97. The molecule has 1 aromatic heterocycles. The molecule has 6 nitrogen and oxygen atoms in total. The second-order valence-corrected chi connectivity index (χ2v) is 10.5. The molecule has 2 aliphatic heterocycles. The highest BCUT2D eigenvalue weighted by Gasteiger charge is 2.59. The van der Waals surface area contributed by atoms with Crippen molar-refractivity contribution in [1.82, 2.24) is 4.98 Å². The second-order valence-electron chi connectivity index (χ2n) is 7.58.